The number of aromatic nitrogens is 1. The summed E-state index contributed by atoms with van der Waals surface area (Å²) in [5, 5.41) is 0. The van der Waals surface area contributed by atoms with Crippen LogP contribution in [0.4, 0.5) is 0 Å². The molecule has 2 saturated carbocycles. The lowest BCUT2D eigenvalue weighted by atomic mass is 9.54. The summed E-state index contributed by atoms with van der Waals surface area (Å²) in [6.07, 6.45) is 1.87. The number of hydrogen-bond donors (Lipinski definition) is 0. The summed E-state index contributed by atoms with van der Waals surface area (Å²) in [4.78, 5) is 83.3. The molecule has 0 amide bonds. The monoisotopic (exact) mass is 655 g/mol. The molecule has 0 radical (unpaired) electrons. The third-order valence-corrected chi connectivity index (χ3v) is 10.2. The predicted octanol–water partition coefficient (Wildman–Crippen LogP) is 2.93. The highest BCUT2D eigenvalue weighted by atomic mass is 16.6. The van der Waals surface area contributed by atoms with Crippen molar-refractivity contribution in [2.45, 2.75) is 96.9 Å². The summed E-state index contributed by atoms with van der Waals surface area (Å²) in [5.74, 6) is -7.49. The van der Waals surface area contributed by atoms with Crippen LogP contribution in [0.1, 0.15) is 72.2 Å². The van der Waals surface area contributed by atoms with Crippen LogP contribution in [-0.2, 0) is 52.4 Å². The predicted molar refractivity (Wildman–Crippen MR) is 160 cm³/mol. The molecule has 47 heavy (non-hydrogen) atoms. The first kappa shape index (κ1) is 34.2. The fourth-order valence-corrected chi connectivity index (χ4v) is 8.97. The molecule has 1 aromatic rings. The van der Waals surface area contributed by atoms with Gasteiger partial charge in [-0.25, -0.2) is 4.79 Å². The van der Waals surface area contributed by atoms with E-state index < -0.39 is 99.8 Å². The lowest BCUT2D eigenvalue weighted by molar-refractivity contribution is -0.243. The molecule has 4 aliphatic rings. The van der Waals surface area contributed by atoms with Gasteiger partial charge in [0.05, 0.1) is 18.1 Å². The number of carbonyl (C=O) groups is 6. The third kappa shape index (κ3) is 5.41. The normalized spacial score (nSPS) is 37.1. The van der Waals surface area contributed by atoms with Crippen LogP contribution in [0.5, 0.6) is 0 Å². The maximum atomic E-state index is 14.5. The molecule has 254 valence electrons. The molecule has 1 aliphatic heterocycles. The van der Waals surface area contributed by atoms with E-state index in [1.807, 2.05) is 0 Å². The summed E-state index contributed by atoms with van der Waals surface area (Å²) >= 11 is 0. The quantitative estimate of drug-likeness (QED) is 0.311. The standard InChI is InChI=1S/C34H41NO12/c1-17-14-34(47-21(5)39)25(26(17)45-29(41)22-10-9-13-35-15-22)28(43-18(2)36)33-16-42-32(8,30(34)44-19(3)37)27(33)23(11-12-24(33)40)31(6,7)46-20(4)38/h9-13,15,17,23,25-28,30H,14,16H2,1-8H3/t17-,23-,25+,26-,27-,28+,30+,32+,33+,34+/m0/s1. The van der Waals surface area contributed by atoms with Crippen LogP contribution < -0.4 is 0 Å². The Labute approximate surface area is 272 Å². The fourth-order valence-electron chi connectivity index (χ4n) is 8.97. The number of allylic oxidation sites excluding steroid dienone is 1. The van der Waals surface area contributed by atoms with Gasteiger partial charge in [-0.2, -0.15) is 0 Å². The lowest BCUT2D eigenvalue weighted by Gasteiger charge is -2.50. The van der Waals surface area contributed by atoms with Gasteiger partial charge in [-0.3, -0.25) is 29.0 Å². The highest BCUT2D eigenvalue weighted by molar-refractivity contribution is 5.98. The Balaban J connectivity index is 1.83. The Hall–Kier alpha value is -4.13. The van der Waals surface area contributed by atoms with Crippen molar-refractivity contribution in [1.29, 1.82) is 0 Å². The summed E-state index contributed by atoms with van der Waals surface area (Å²) < 4.78 is 37.0. The number of ketones is 1. The minimum absolute atomic E-state index is 0.0146. The zero-order chi connectivity index (χ0) is 34.7. The zero-order valence-corrected chi connectivity index (χ0v) is 27.8. The summed E-state index contributed by atoms with van der Waals surface area (Å²) in [5.41, 5.74) is -6.17. The largest absolute Gasteiger partial charge is 0.461 e. The molecule has 13 nitrogen and oxygen atoms in total. The van der Waals surface area contributed by atoms with Crippen molar-refractivity contribution < 1.29 is 57.2 Å². The van der Waals surface area contributed by atoms with E-state index in [1.54, 1.807) is 39.8 Å². The van der Waals surface area contributed by atoms with Crippen LogP contribution in [0.25, 0.3) is 0 Å². The van der Waals surface area contributed by atoms with Crippen LogP contribution >= 0.6 is 0 Å². The van der Waals surface area contributed by atoms with E-state index in [0.29, 0.717) is 0 Å². The molecule has 3 aliphatic carbocycles. The minimum atomic E-state index is -1.81. The topological polar surface area (TPSA) is 171 Å². The van der Waals surface area contributed by atoms with Crippen molar-refractivity contribution in [3.8, 4) is 0 Å². The van der Waals surface area contributed by atoms with Crippen LogP contribution in [0.3, 0.4) is 0 Å². The number of carbonyl (C=O) groups excluding carboxylic acids is 6. The van der Waals surface area contributed by atoms with Gasteiger partial charge in [0, 0.05) is 51.9 Å². The van der Waals surface area contributed by atoms with Crippen LogP contribution in [0, 0.1) is 29.1 Å². The Kier molecular flexibility index (Phi) is 8.62. The highest BCUT2D eigenvalue weighted by Crippen LogP contribution is 2.68. The second kappa shape index (κ2) is 11.8. The first-order chi connectivity index (χ1) is 21.9. The molecule has 3 fully saturated rings. The first-order valence-electron chi connectivity index (χ1n) is 15.6. The van der Waals surface area contributed by atoms with E-state index >= 15 is 0 Å². The Bertz CT molecular complexity index is 1520. The Morgan fingerprint density at radius 2 is 1.66 bits per heavy atom. The second-order valence-corrected chi connectivity index (χ2v) is 13.8. The molecule has 5 rings (SSSR count). The molecule has 0 spiro atoms. The Morgan fingerprint density at radius 1 is 0.979 bits per heavy atom. The molecular formula is C34H41NO12. The van der Waals surface area contributed by atoms with Crippen LogP contribution in [-0.4, -0.2) is 82.3 Å². The maximum Gasteiger partial charge on any atom is 0.339 e. The number of rotatable bonds is 7. The van der Waals surface area contributed by atoms with Gasteiger partial charge in [0.25, 0.3) is 0 Å². The van der Waals surface area contributed by atoms with Crippen molar-refractivity contribution in [2.75, 3.05) is 6.61 Å². The van der Waals surface area contributed by atoms with Crippen molar-refractivity contribution in [1.82, 2.24) is 4.98 Å². The number of nitrogens with zero attached hydrogens (tertiary/aromatic N) is 1. The molecule has 10 atom stereocenters. The number of ether oxygens (including phenoxy) is 6. The van der Waals surface area contributed by atoms with E-state index in [4.69, 9.17) is 28.4 Å². The van der Waals surface area contributed by atoms with Crippen molar-refractivity contribution >= 4 is 35.6 Å². The van der Waals surface area contributed by atoms with Gasteiger partial charge in [-0.05, 0) is 51.3 Å². The van der Waals surface area contributed by atoms with Gasteiger partial charge in [-0.15, -0.1) is 0 Å². The summed E-state index contributed by atoms with van der Waals surface area (Å²) in [6, 6.07) is 3.09. The molecule has 13 heteroatoms. The average molecular weight is 656 g/mol. The Morgan fingerprint density at radius 3 is 2.23 bits per heavy atom. The smallest absolute Gasteiger partial charge is 0.339 e. The minimum Gasteiger partial charge on any atom is -0.461 e. The lowest BCUT2D eigenvalue weighted by Crippen LogP contribution is -2.64. The number of hydrogen-bond acceptors (Lipinski definition) is 13. The maximum absolute atomic E-state index is 14.5. The number of fused-ring (bicyclic) bond motifs is 1. The van der Waals surface area contributed by atoms with Crippen molar-refractivity contribution in [2.24, 2.45) is 29.1 Å². The SMILES string of the molecule is CC(=O)O[C@@H]1[C@]2(C)OC[C@]3(C(=O)C=C[C@H](C(C)(C)OC(C)=O)[C@@H]23)[C@H](OC(C)=O)[C@H]2[C@@H](OC(=O)c3cccnc3)[C@@H](C)C[C@@]21OC(C)=O. The van der Waals surface area contributed by atoms with Gasteiger partial charge in [-0.1, -0.05) is 13.0 Å². The fraction of sp³-hybridized carbons (Fsp3) is 0.618. The van der Waals surface area contributed by atoms with Crippen molar-refractivity contribution in [3.63, 3.8) is 0 Å². The summed E-state index contributed by atoms with van der Waals surface area (Å²) in [6.45, 7) is 11.3. The van der Waals surface area contributed by atoms with Crippen molar-refractivity contribution in [3.05, 3.63) is 42.2 Å². The summed E-state index contributed by atoms with van der Waals surface area (Å²) in [7, 11) is 0. The molecular weight excluding hydrogens is 614 g/mol. The molecule has 0 N–H and O–H groups in total. The third-order valence-electron chi connectivity index (χ3n) is 10.2. The second-order valence-electron chi connectivity index (χ2n) is 13.8. The molecule has 1 aromatic heterocycles. The first-order valence-corrected chi connectivity index (χ1v) is 15.6. The molecule has 2 bridgehead atoms. The molecule has 1 saturated heterocycles. The van der Waals surface area contributed by atoms with E-state index in [1.165, 1.54) is 52.2 Å². The number of pyridine rings is 1. The van der Waals surface area contributed by atoms with Gasteiger partial charge in [0.1, 0.15) is 28.8 Å². The van der Waals surface area contributed by atoms with E-state index in [-0.39, 0.29) is 18.6 Å². The number of esters is 5. The highest BCUT2D eigenvalue weighted by Gasteiger charge is 2.82. The van der Waals surface area contributed by atoms with Gasteiger partial charge < -0.3 is 28.4 Å². The molecule has 2 heterocycles. The van der Waals surface area contributed by atoms with E-state index in [9.17, 15) is 28.8 Å². The van der Waals surface area contributed by atoms with E-state index in [2.05, 4.69) is 4.98 Å². The van der Waals surface area contributed by atoms with Gasteiger partial charge in [0.15, 0.2) is 17.5 Å². The molecule has 0 aromatic carbocycles. The van der Waals surface area contributed by atoms with E-state index in [0.717, 1.165) is 0 Å². The van der Waals surface area contributed by atoms with Crippen LogP contribution in [0.15, 0.2) is 36.7 Å². The molecule has 0 unspecified atom stereocenters. The van der Waals surface area contributed by atoms with Gasteiger partial charge in [0.2, 0.25) is 0 Å². The zero-order valence-electron chi connectivity index (χ0n) is 27.8. The van der Waals surface area contributed by atoms with Gasteiger partial charge >= 0.3 is 29.8 Å². The van der Waals surface area contributed by atoms with Crippen LogP contribution in [0.2, 0.25) is 0 Å². The average Bonchev–Trinajstić information content (AvgIpc) is 3.40.